The highest BCUT2D eigenvalue weighted by Crippen LogP contribution is 2.23. The van der Waals surface area contributed by atoms with E-state index in [9.17, 15) is 4.79 Å². The van der Waals surface area contributed by atoms with E-state index in [1.807, 2.05) is 25.1 Å². The van der Waals surface area contributed by atoms with Crippen LogP contribution in [0.1, 0.15) is 43.1 Å². The van der Waals surface area contributed by atoms with Crippen molar-refractivity contribution in [1.82, 2.24) is 10.2 Å². The van der Waals surface area contributed by atoms with Crippen LogP contribution in [0.15, 0.2) is 18.2 Å². The van der Waals surface area contributed by atoms with Crippen LogP contribution in [0.25, 0.3) is 0 Å². The van der Waals surface area contributed by atoms with E-state index in [-0.39, 0.29) is 11.4 Å². The van der Waals surface area contributed by atoms with Crippen LogP contribution in [-0.2, 0) is 11.3 Å². The number of nitrogens with two attached hydrogens (primary N) is 1. The van der Waals surface area contributed by atoms with Crippen LogP contribution in [0.2, 0.25) is 0 Å². The van der Waals surface area contributed by atoms with E-state index in [1.54, 1.807) is 0 Å². The summed E-state index contributed by atoms with van der Waals surface area (Å²) in [5, 5.41) is 2.88. The Kier molecular flexibility index (Phi) is 5.42. The summed E-state index contributed by atoms with van der Waals surface area (Å²) < 4.78 is 5.55. The zero-order chi connectivity index (χ0) is 16.2. The standard InChI is InChI=1S/C17H27N3O2/c1-4-7-19-16(21)14-10-13(5-6-15(14)18)11-20-8-9-22-12-17(20,2)3/h5-6,10H,4,7-9,11-12,18H2,1-3H3,(H,19,21). The number of nitrogens with one attached hydrogen (secondary N) is 1. The molecule has 1 aromatic carbocycles. The summed E-state index contributed by atoms with van der Waals surface area (Å²) in [7, 11) is 0. The largest absolute Gasteiger partial charge is 0.398 e. The van der Waals surface area contributed by atoms with Gasteiger partial charge in [-0.15, -0.1) is 0 Å². The maximum absolute atomic E-state index is 12.2. The summed E-state index contributed by atoms with van der Waals surface area (Å²) in [5.74, 6) is -0.0950. The van der Waals surface area contributed by atoms with Gasteiger partial charge in [0.2, 0.25) is 0 Å². The summed E-state index contributed by atoms with van der Waals surface area (Å²) in [6.07, 6.45) is 0.910. The number of rotatable bonds is 5. The minimum atomic E-state index is -0.0950. The van der Waals surface area contributed by atoms with E-state index < -0.39 is 0 Å². The van der Waals surface area contributed by atoms with E-state index in [1.165, 1.54) is 0 Å². The molecule has 0 aliphatic carbocycles. The fraction of sp³-hybridized carbons (Fsp3) is 0.588. The normalized spacial score (nSPS) is 18.1. The van der Waals surface area contributed by atoms with Gasteiger partial charge in [0.1, 0.15) is 0 Å². The molecule has 5 heteroatoms. The average Bonchev–Trinajstić information content (AvgIpc) is 2.48. The van der Waals surface area contributed by atoms with Crippen LogP contribution in [0.4, 0.5) is 5.69 Å². The molecule has 1 saturated heterocycles. The lowest BCUT2D eigenvalue weighted by Gasteiger charge is -2.42. The Hall–Kier alpha value is -1.59. The molecule has 122 valence electrons. The molecule has 1 aliphatic rings. The van der Waals surface area contributed by atoms with Crippen molar-refractivity contribution in [3.63, 3.8) is 0 Å². The zero-order valence-electron chi connectivity index (χ0n) is 13.8. The van der Waals surface area contributed by atoms with Gasteiger partial charge in [-0.05, 0) is 38.0 Å². The molecule has 1 aromatic rings. The van der Waals surface area contributed by atoms with Gasteiger partial charge in [0.25, 0.3) is 5.91 Å². The molecular formula is C17H27N3O2. The zero-order valence-corrected chi connectivity index (χ0v) is 13.8. The molecule has 0 saturated carbocycles. The first-order valence-electron chi connectivity index (χ1n) is 7.93. The second-order valence-electron chi connectivity index (χ2n) is 6.46. The van der Waals surface area contributed by atoms with Crippen LogP contribution in [0.5, 0.6) is 0 Å². The molecule has 1 fully saturated rings. The molecule has 0 unspecified atom stereocenters. The van der Waals surface area contributed by atoms with Gasteiger partial charge in [0.05, 0.1) is 18.8 Å². The summed E-state index contributed by atoms with van der Waals surface area (Å²) >= 11 is 0. The Morgan fingerprint density at radius 2 is 2.23 bits per heavy atom. The van der Waals surface area contributed by atoms with Gasteiger partial charge in [-0.25, -0.2) is 0 Å². The number of carbonyl (C=O) groups excluding carboxylic acids is 1. The molecule has 22 heavy (non-hydrogen) atoms. The van der Waals surface area contributed by atoms with Crippen LogP contribution in [-0.4, -0.2) is 42.6 Å². The summed E-state index contributed by atoms with van der Waals surface area (Å²) in [6, 6.07) is 5.73. The lowest BCUT2D eigenvalue weighted by Crippen LogP contribution is -2.52. The van der Waals surface area contributed by atoms with Crippen molar-refractivity contribution in [2.75, 3.05) is 32.0 Å². The molecule has 5 nitrogen and oxygen atoms in total. The maximum Gasteiger partial charge on any atom is 0.253 e. The fourth-order valence-corrected chi connectivity index (χ4v) is 2.64. The Bertz CT molecular complexity index is 529. The van der Waals surface area contributed by atoms with Crippen molar-refractivity contribution in [1.29, 1.82) is 0 Å². The third-order valence-corrected chi connectivity index (χ3v) is 4.09. The molecule has 0 spiro atoms. The molecule has 1 amide bonds. The second kappa shape index (κ2) is 7.11. The Morgan fingerprint density at radius 1 is 1.45 bits per heavy atom. The quantitative estimate of drug-likeness (QED) is 0.817. The fourth-order valence-electron chi connectivity index (χ4n) is 2.64. The molecule has 1 aliphatic heterocycles. The lowest BCUT2D eigenvalue weighted by molar-refractivity contribution is -0.0552. The third kappa shape index (κ3) is 3.99. The number of nitrogen functional groups attached to an aromatic ring is 1. The van der Waals surface area contributed by atoms with E-state index >= 15 is 0 Å². The third-order valence-electron chi connectivity index (χ3n) is 4.09. The van der Waals surface area contributed by atoms with Gasteiger partial charge in [-0.2, -0.15) is 0 Å². The second-order valence-corrected chi connectivity index (χ2v) is 6.46. The first kappa shape index (κ1) is 16.8. The van der Waals surface area contributed by atoms with Crippen molar-refractivity contribution >= 4 is 11.6 Å². The Morgan fingerprint density at radius 3 is 2.91 bits per heavy atom. The average molecular weight is 305 g/mol. The monoisotopic (exact) mass is 305 g/mol. The van der Waals surface area contributed by atoms with E-state index in [0.717, 1.165) is 38.3 Å². The van der Waals surface area contributed by atoms with E-state index in [2.05, 4.69) is 24.1 Å². The Labute approximate surface area is 132 Å². The number of anilines is 1. The molecule has 0 radical (unpaired) electrons. The number of morpholine rings is 1. The van der Waals surface area contributed by atoms with Gasteiger partial charge in [0, 0.05) is 30.9 Å². The SMILES string of the molecule is CCCNC(=O)c1cc(CN2CCOCC2(C)C)ccc1N. The van der Waals surface area contributed by atoms with Gasteiger partial charge in [-0.1, -0.05) is 13.0 Å². The smallest absolute Gasteiger partial charge is 0.253 e. The molecule has 0 atom stereocenters. The molecule has 1 heterocycles. The van der Waals surface area contributed by atoms with Gasteiger partial charge < -0.3 is 15.8 Å². The van der Waals surface area contributed by atoms with Crippen molar-refractivity contribution in [2.24, 2.45) is 0 Å². The highest BCUT2D eigenvalue weighted by atomic mass is 16.5. The van der Waals surface area contributed by atoms with Gasteiger partial charge in [0.15, 0.2) is 0 Å². The van der Waals surface area contributed by atoms with E-state index in [4.69, 9.17) is 10.5 Å². The van der Waals surface area contributed by atoms with Crippen molar-refractivity contribution in [2.45, 2.75) is 39.3 Å². The highest BCUT2D eigenvalue weighted by Gasteiger charge is 2.30. The van der Waals surface area contributed by atoms with Gasteiger partial charge in [-0.3, -0.25) is 9.69 Å². The summed E-state index contributed by atoms with van der Waals surface area (Å²) in [6.45, 7) is 10.2. The molecular weight excluding hydrogens is 278 g/mol. The molecule has 0 bridgehead atoms. The Balaban J connectivity index is 2.13. The van der Waals surface area contributed by atoms with Crippen LogP contribution < -0.4 is 11.1 Å². The first-order chi connectivity index (χ1) is 10.4. The highest BCUT2D eigenvalue weighted by molar-refractivity contribution is 5.99. The minimum Gasteiger partial charge on any atom is -0.398 e. The summed E-state index contributed by atoms with van der Waals surface area (Å²) in [4.78, 5) is 14.6. The predicted molar refractivity (Wildman–Crippen MR) is 88.8 cm³/mol. The predicted octanol–water partition coefficient (Wildman–Crippen LogP) is 2.02. The van der Waals surface area contributed by atoms with Crippen LogP contribution >= 0.6 is 0 Å². The van der Waals surface area contributed by atoms with Crippen LogP contribution in [0, 0.1) is 0 Å². The lowest BCUT2D eigenvalue weighted by atomic mass is 10.0. The number of carbonyl (C=O) groups is 1. The van der Waals surface area contributed by atoms with Crippen LogP contribution in [0.3, 0.4) is 0 Å². The number of hydrogen-bond acceptors (Lipinski definition) is 4. The number of amides is 1. The number of nitrogens with zero attached hydrogens (tertiary/aromatic N) is 1. The first-order valence-corrected chi connectivity index (χ1v) is 7.93. The van der Waals surface area contributed by atoms with Crippen molar-refractivity contribution in [3.8, 4) is 0 Å². The van der Waals surface area contributed by atoms with Gasteiger partial charge >= 0.3 is 0 Å². The topological polar surface area (TPSA) is 67.6 Å². The summed E-state index contributed by atoms with van der Waals surface area (Å²) in [5.41, 5.74) is 8.15. The van der Waals surface area contributed by atoms with Crippen molar-refractivity contribution in [3.05, 3.63) is 29.3 Å². The minimum absolute atomic E-state index is 0.00424. The number of benzene rings is 1. The number of ether oxygens (including phenoxy) is 1. The van der Waals surface area contributed by atoms with Crippen molar-refractivity contribution < 1.29 is 9.53 Å². The number of hydrogen-bond donors (Lipinski definition) is 2. The maximum atomic E-state index is 12.2. The molecule has 0 aromatic heterocycles. The molecule has 2 rings (SSSR count). The van der Waals surface area contributed by atoms with E-state index in [0.29, 0.717) is 17.8 Å². The molecule has 3 N–H and O–H groups in total.